The molecule has 0 radical (unpaired) electrons. The van der Waals surface area contributed by atoms with E-state index in [-0.39, 0.29) is 0 Å². The number of rotatable bonds is 2. The number of likely N-dealkylation sites (tertiary alicyclic amines) is 1. The predicted octanol–water partition coefficient (Wildman–Crippen LogP) is -0.0181. The molecule has 0 N–H and O–H groups in total. The van der Waals surface area contributed by atoms with Gasteiger partial charge in [0.2, 0.25) is 0 Å². The molecule has 1 atom stereocenters. The summed E-state index contributed by atoms with van der Waals surface area (Å²) in [6.45, 7) is 5.72. The molecular weight excluding hydrogens is 192 g/mol. The topological polar surface area (TPSA) is 32.8 Å². The van der Waals surface area contributed by atoms with Gasteiger partial charge >= 0.3 is 0 Å². The smallest absolute Gasteiger partial charge is 0.135 e. The Morgan fingerprint density at radius 2 is 2.07 bits per heavy atom. The van der Waals surface area contributed by atoms with Crippen LogP contribution in [0.3, 0.4) is 0 Å². The minimum atomic E-state index is 0.331. The van der Waals surface area contributed by atoms with Gasteiger partial charge in [0, 0.05) is 45.6 Å². The van der Waals surface area contributed by atoms with E-state index in [9.17, 15) is 4.79 Å². The monoisotopic (exact) mass is 212 g/mol. The summed E-state index contributed by atoms with van der Waals surface area (Å²) in [7, 11) is 2.13. The fourth-order valence-corrected chi connectivity index (χ4v) is 2.25. The lowest BCUT2D eigenvalue weighted by Crippen LogP contribution is -2.47. The summed E-state index contributed by atoms with van der Waals surface area (Å²) in [5.41, 5.74) is 0. The molecule has 2 aliphatic heterocycles. The molecule has 0 spiro atoms. The first-order valence-electron chi connectivity index (χ1n) is 5.78. The predicted molar refractivity (Wildman–Crippen MR) is 57.9 cm³/mol. The van der Waals surface area contributed by atoms with E-state index in [0.29, 0.717) is 11.9 Å². The quantitative estimate of drug-likeness (QED) is 0.644. The van der Waals surface area contributed by atoms with Crippen LogP contribution in [-0.4, -0.2) is 68.1 Å². The van der Waals surface area contributed by atoms with Crippen LogP contribution in [-0.2, 0) is 9.53 Å². The maximum atomic E-state index is 11.1. The fourth-order valence-electron chi connectivity index (χ4n) is 2.25. The van der Waals surface area contributed by atoms with E-state index < -0.39 is 0 Å². The second-order valence-corrected chi connectivity index (χ2v) is 4.59. The van der Waals surface area contributed by atoms with Crippen LogP contribution in [0.2, 0.25) is 0 Å². The van der Waals surface area contributed by atoms with Crippen LogP contribution < -0.4 is 0 Å². The van der Waals surface area contributed by atoms with E-state index >= 15 is 0 Å². The number of nitrogens with zero attached hydrogens (tertiary/aromatic N) is 2. The average Bonchev–Trinajstić information content (AvgIpc) is 2.22. The first-order chi connectivity index (χ1) is 7.24. The number of hydrogen-bond acceptors (Lipinski definition) is 4. The molecule has 0 aliphatic carbocycles. The van der Waals surface area contributed by atoms with Crippen LogP contribution in [0.15, 0.2) is 0 Å². The van der Waals surface area contributed by atoms with E-state index in [2.05, 4.69) is 16.8 Å². The minimum Gasteiger partial charge on any atom is -0.374 e. The number of carbonyl (C=O) groups excluding carboxylic acids is 1. The highest BCUT2D eigenvalue weighted by Gasteiger charge is 2.23. The molecule has 0 saturated carbocycles. The third kappa shape index (κ3) is 3.26. The van der Waals surface area contributed by atoms with Crippen molar-refractivity contribution in [3.63, 3.8) is 0 Å². The molecule has 2 fully saturated rings. The van der Waals surface area contributed by atoms with Gasteiger partial charge in [-0.3, -0.25) is 9.69 Å². The third-order valence-electron chi connectivity index (χ3n) is 3.22. The number of ketones is 1. The normalized spacial score (nSPS) is 30.7. The van der Waals surface area contributed by atoms with Crippen molar-refractivity contribution in [1.82, 2.24) is 9.80 Å². The second kappa shape index (κ2) is 5.05. The number of piperidine rings is 1. The Bertz CT molecular complexity index is 223. The molecule has 2 saturated heterocycles. The Labute approximate surface area is 91.2 Å². The zero-order chi connectivity index (χ0) is 10.7. The third-order valence-corrected chi connectivity index (χ3v) is 3.22. The largest absolute Gasteiger partial charge is 0.374 e. The van der Waals surface area contributed by atoms with Gasteiger partial charge in [-0.15, -0.1) is 0 Å². The van der Waals surface area contributed by atoms with Gasteiger partial charge in [-0.05, 0) is 7.05 Å². The highest BCUT2D eigenvalue weighted by Crippen LogP contribution is 2.10. The molecule has 4 heteroatoms. The van der Waals surface area contributed by atoms with Crippen molar-refractivity contribution in [2.75, 3.05) is 46.4 Å². The summed E-state index contributed by atoms with van der Waals surface area (Å²) >= 11 is 0. The Morgan fingerprint density at radius 1 is 1.33 bits per heavy atom. The van der Waals surface area contributed by atoms with E-state index in [0.717, 1.165) is 52.2 Å². The van der Waals surface area contributed by atoms with Gasteiger partial charge in [-0.1, -0.05) is 0 Å². The molecule has 15 heavy (non-hydrogen) atoms. The van der Waals surface area contributed by atoms with Gasteiger partial charge in [0.25, 0.3) is 0 Å². The molecule has 0 aromatic rings. The van der Waals surface area contributed by atoms with Crippen LogP contribution in [0.25, 0.3) is 0 Å². The fraction of sp³-hybridized carbons (Fsp3) is 0.909. The molecule has 1 unspecified atom stereocenters. The summed E-state index contributed by atoms with van der Waals surface area (Å²) in [6.07, 6.45) is 1.78. The van der Waals surface area contributed by atoms with E-state index in [1.807, 2.05) is 0 Å². The maximum absolute atomic E-state index is 11.1. The number of carbonyl (C=O) groups is 1. The molecule has 2 aliphatic rings. The highest BCUT2D eigenvalue weighted by atomic mass is 16.5. The lowest BCUT2D eigenvalue weighted by atomic mass is 10.1. The summed E-state index contributed by atoms with van der Waals surface area (Å²) < 4.78 is 5.71. The number of hydrogen-bond donors (Lipinski definition) is 0. The Morgan fingerprint density at radius 3 is 2.73 bits per heavy atom. The molecule has 86 valence electrons. The number of ether oxygens (including phenoxy) is 1. The van der Waals surface area contributed by atoms with Gasteiger partial charge in [0.1, 0.15) is 5.78 Å². The van der Waals surface area contributed by atoms with Crippen LogP contribution in [0.5, 0.6) is 0 Å². The van der Waals surface area contributed by atoms with Crippen LogP contribution >= 0.6 is 0 Å². The van der Waals surface area contributed by atoms with Crippen LogP contribution in [0.1, 0.15) is 12.8 Å². The Hall–Kier alpha value is -0.450. The molecular formula is C11H20N2O2. The van der Waals surface area contributed by atoms with Gasteiger partial charge in [0.15, 0.2) is 0 Å². The van der Waals surface area contributed by atoms with E-state index in [4.69, 9.17) is 4.74 Å². The zero-order valence-corrected chi connectivity index (χ0v) is 9.45. The van der Waals surface area contributed by atoms with Crippen molar-refractivity contribution in [3.05, 3.63) is 0 Å². The number of Topliss-reactive ketones (excluding diaryl/α,β-unsaturated/α-hetero) is 1. The average molecular weight is 212 g/mol. The summed E-state index contributed by atoms with van der Waals surface area (Å²) in [6, 6.07) is 0. The number of likely N-dealkylation sites (N-methyl/N-ethyl adjacent to an activating group) is 1. The Kier molecular flexibility index (Phi) is 3.72. The van der Waals surface area contributed by atoms with E-state index in [1.54, 1.807) is 0 Å². The second-order valence-electron chi connectivity index (χ2n) is 4.59. The van der Waals surface area contributed by atoms with Crippen molar-refractivity contribution >= 4 is 5.78 Å². The highest BCUT2D eigenvalue weighted by molar-refractivity contribution is 5.79. The maximum Gasteiger partial charge on any atom is 0.135 e. The van der Waals surface area contributed by atoms with Crippen molar-refractivity contribution in [2.24, 2.45) is 0 Å². The Balaban J connectivity index is 1.74. The molecule has 2 rings (SSSR count). The van der Waals surface area contributed by atoms with E-state index in [1.165, 1.54) is 0 Å². The molecule has 0 aromatic heterocycles. The standard InChI is InChI=1S/C11H20N2O2/c1-12-6-7-15-11(8-12)9-13-4-2-10(14)3-5-13/h11H,2-9H2,1H3. The van der Waals surface area contributed by atoms with Gasteiger partial charge in [-0.2, -0.15) is 0 Å². The SMILES string of the molecule is CN1CCOC(CN2CCC(=O)CC2)C1. The lowest BCUT2D eigenvalue weighted by Gasteiger charge is -2.35. The van der Waals surface area contributed by atoms with Crippen molar-refractivity contribution in [2.45, 2.75) is 18.9 Å². The van der Waals surface area contributed by atoms with Gasteiger partial charge in [0.05, 0.1) is 12.7 Å². The molecule has 2 heterocycles. The summed E-state index contributed by atoms with van der Waals surface area (Å²) in [5, 5.41) is 0. The minimum absolute atomic E-state index is 0.331. The molecule has 0 aromatic carbocycles. The lowest BCUT2D eigenvalue weighted by molar-refractivity contribution is -0.122. The first-order valence-corrected chi connectivity index (χ1v) is 5.78. The molecule has 4 nitrogen and oxygen atoms in total. The first kappa shape index (κ1) is 11.0. The van der Waals surface area contributed by atoms with Crippen LogP contribution in [0, 0.1) is 0 Å². The van der Waals surface area contributed by atoms with Gasteiger partial charge in [-0.25, -0.2) is 0 Å². The number of morpholine rings is 1. The summed E-state index contributed by atoms with van der Waals surface area (Å²) in [4.78, 5) is 15.7. The van der Waals surface area contributed by atoms with Gasteiger partial charge < -0.3 is 9.64 Å². The van der Waals surface area contributed by atoms with Crippen molar-refractivity contribution < 1.29 is 9.53 Å². The molecule has 0 amide bonds. The molecule has 0 bridgehead atoms. The zero-order valence-electron chi connectivity index (χ0n) is 9.45. The summed E-state index contributed by atoms with van der Waals surface area (Å²) in [5.74, 6) is 0.410. The van der Waals surface area contributed by atoms with Crippen molar-refractivity contribution in [1.29, 1.82) is 0 Å². The van der Waals surface area contributed by atoms with Crippen molar-refractivity contribution in [3.8, 4) is 0 Å². The van der Waals surface area contributed by atoms with Crippen LogP contribution in [0.4, 0.5) is 0 Å².